The lowest BCUT2D eigenvalue weighted by Crippen LogP contribution is -2.37. The zero-order valence-electron chi connectivity index (χ0n) is 15.7. The highest BCUT2D eigenvalue weighted by atomic mass is 79.9. The molecule has 0 unspecified atom stereocenters. The van der Waals surface area contributed by atoms with E-state index in [1.54, 1.807) is 0 Å². The molecule has 0 spiro atoms. The van der Waals surface area contributed by atoms with Crippen LogP contribution in [0.15, 0.2) is 53.0 Å². The SMILES string of the molecule is CN(C)c1ccc(C(=O)N2CCCN(C(=O)c3cccc(Br)c3)CC2)cc1. The van der Waals surface area contributed by atoms with Crippen molar-refractivity contribution in [2.24, 2.45) is 0 Å². The van der Waals surface area contributed by atoms with Crippen molar-refractivity contribution in [3.8, 4) is 0 Å². The fourth-order valence-corrected chi connectivity index (χ4v) is 3.61. The van der Waals surface area contributed by atoms with Crippen LogP contribution in [0.2, 0.25) is 0 Å². The van der Waals surface area contributed by atoms with Crippen molar-refractivity contribution in [3.05, 3.63) is 64.1 Å². The van der Waals surface area contributed by atoms with Crippen LogP contribution in [0.1, 0.15) is 27.1 Å². The molecule has 3 rings (SSSR count). The summed E-state index contributed by atoms with van der Waals surface area (Å²) < 4.78 is 0.890. The summed E-state index contributed by atoms with van der Waals surface area (Å²) in [5, 5.41) is 0. The highest BCUT2D eigenvalue weighted by Crippen LogP contribution is 2.17. The van der Waals surface area contributed by atoms with Gasteiger partial charge in [-0.15, -0.1) is 0 Å². The molecule has 1 aliphatic rings. The molecule has 2 amide bonds. The van der Waals surface area contributed by atoms with E-state index in [0.29, 0.717) is 37.3 Å². The molecule has 0 N–H and O–H groups in total. The van der Waals surface area contributed by atoms with Crippen LogP contribution in [0.25, 0.3) is 0 Å². The average molecular weight is 430 g/mol. The summed E-state index contributed by atoms with van der Waals surface area (Å²) in [5.41, 5.74) is 2.42. The number of anilines is 1. The lowest BCUT2D eigenvalue weighted by Gasteiger charge is -2.22. The van der Waals surface area contributed by atoms with Gasteiger partial charge in [-0.25, -0.2) is 0 Å². The Morgan fingerprint density at radius 2 is 1.44 bits per heavy atom. The first kappa shape index (κ1) is 19.4. The molecule has 27 heavy (non-hydrogen) atoms. The predicted molar refractivity (Wildman–Crippen MR) is 111 cm³/mol. The van der Waals surface area contributed by atoms with Gasteiger partial charge in [0.05, 0.1) is 0 Å². The number of nitrogens with zero attached hydrogens (tertiary/aromatic N) is 3. The maximum atomic E-state index is 12.8. The topological polar surface area (TPSA) is 43.9 Å². The molecular weight excluding hydrogens is 406 g/mol. The van der Waals surface area contributed by atoms with Gasteiger partial charge < -0.3 is 14.7 Å². The van der Waals surface area contributed by atoms with Crippen LogP contribution in [0.4, 0.5) is 5.69 Å². The first-order chi connectivity index (χ1) is 13.0. The Bertz CT molecular complexity index is 820. The van der Waals surface area contributed by atoms with Gasteiger partial charge in [0.15, 0.2) is 0 Å². The second-order valence-electron chi connectivity index (χ2n) is 6.89. The Morgan fingerprint density at radius 3 is 2.00 bits per heavy atom. The Morgan fingerprint density at radius 1 is 0.852 bits per heavy atom. The lowest BCUT2D eigenvalue weighted by molar-refractivity contribution is 0.0718. The summed E-state index contributed by atoms with van der Waals surface area (Å²) in [6.45, 7) is 2.42. The van der Waals surface area contributed by atoms with E-state index in [0.717, 1.165) is 16.6 Å². The van der Waals surface area contributed by atoms with E-state index < -0.39 is 0 Å². The molecule has 0 aliphatic carbocycles. The van der Waals surface area contributed by atoms with Gasteiger partial charge in [0.1, 0.15) is 0 Å². The molecule has 0 atom stereocenters. The Balaban J connectivity index is 1.65. The van der Waals surface area contributed by atoms with Crippen molar-refractivity contribution in [3.63, 3.8) is 0 Å². The van der Waals surface area contributed by atoms with Crippen LogP contribution >= 0.6 is 15.9 Å². The maximum absolute atomic E-state index is 12.8. The van der Waals surface area contributed by atoms with Crippen LogP contribution in [-0.4, -0.2) is 61.9 Å². The monoisotopic (exact) mass is 429 g/mol. The number of carbonyl (C=O) groups is 2. The second-order valence-corrected chi connectivity index (χ2v) is 7.81. The molecule has 6 heteroatoms. The first-order valence-electron chi connectivity index (χ1n) is 9.07. The van der Waals surface area contributed by atoms with E-state index in [-0.39, 0.29) is 11.8 Å². The molecule has 0 bridgehead atoms. The molecule has 0 saturated carbocycles. The van der Waals surface area contributed by atoms with Crippen molar-refractivity contribution in [1.82, 2.24) is 9.80 Å². The minimum absolute atomic E-state index is 0.0148. The molecule has 1 aliphatic heterocycles. The van der Waals surface area contributed by atoms with Gasteiger partial charge in [0.25, 0.3) is 11.8 Å². The summed E-state index contributed by atoms with van der Waals surface area (Å²) in [5.74, 6) is 0.0398. The molecule has 0 radical (unpaired) electrons. The van der Waals surface area contributed by atoms with Gasteiger partial charge in [-0.3, -0.25) is 9.59 Å². The third-order valence-electron chi connectivity index (χ3n) is 4.77. The van der Waals surface area contributed by atoms with Crippen molar-refractivity contribution in [2.75, 3.05) is 45.2 Å². The Kier molecular flexibility index (Phi) is 6.16. The minimum atomic E-state index is 0.0148. The zero-order valence-corrected chi connectivity index (χ0v) is 17.3. The molecule has 5 nitrogen and oxygen atoms in total. The van der Waals surface area contributed by atoms with Gasteiger partial charge in [0.2, 0.25) is 0 Å². The van der Waals surface area contributed by atoms with E-state index >= 15 is 0 Å². The lowest BCUT2D eigenvalue weighted by atomic mass is 10.1. The van der Waals surface area contributed by atoms with Gasteiger partial charge in [-0.1, -0.05) is 22.0 Å². The predicted octanol–water partition coefficient (Wildman–Crippen LogP) is 3.50. The molecular formula is C21H24BrN3O2. The van der Waals surface area contributed by atoms with E-state index in [1.807, 2.05) is 77.3 Å². The third kappa shape index (κ3) is 4.69. The first-order valence-corrected chi connectivity index (χ1v) is 9.86. The Labute approximate surface area is 168 Å². The van der Waals surface area contributed by atoms with Gasteiger partial charge in [-0.05, 0) is 48.9 Å². The molecule has 0 aromatic heterocycles. The normalized spacial score (nSPS) is 14.6. The Hall–Kier alpha value is -2.34. The second kappa shape index (κ2) is 8.57. The number of benzene rings is 2. The van der Waals surface area contributed by atoms with E-state index in [9.17, 15) is 9.59 Å². The molecule has 1 heterocycles. The van der Waals surface area contributed by atoms with Crippen LogP contribution in [0.5, 0.6) is 0 Å². The summed E-state index contributed by atoms with van der Waals surface area (Å²) in [4.78, 5) is 31.3. The zero-order chi connectivity index (χ0) is 19.4. The highest BCUT2D eigenvalue weighted by Gasteiger charge is 2.23. The minimum Gasteiger partial charge on any atom is -0.378 e. The quantitative estimate of drug-likeness (QED) is 0.749. The molecule has 2 aromatic carbocycles. The van der Waals surface area contributed by atoms with Gasteiger partial charge >= 0.3 is 0 Å². The van der Waals surface area contributed by atoms with Crippen LogP contribution in [-0.2, 0) is 0 Å². The smallest absolute Gasteiger partial charge is 0.253 e. The van der Waals surface area contributed by atoms with Gasteiger partial charge in [-0.2, -0.15) is 0 Å². The number of hydrogen-bond acceptors (Lipinski definition) is 3. The number of carbonyl (C=O) groups excluding carboxylic acids is 2. The van der Waals surface area contributed by atoms with Crippen LogP contribution in [0, 0.1) is 0 Å². The fraction of sp³-hybridized carbons (Fsp3) is 0.333. The van der Waals surface area contributed by atoms with E-state index in [1.165, 1.54) is 0 Å². The number of rotatable bonds is 3. The van der Waals surface area contributed by atoms with Crippen molar-refractivity contribution >= 4 is 33.4 Å². The number of amides is 2. The summed E-state index contributed by atoms with van der Waals surface area (Å²) in [7, 11) is 3.95. The molecule has 1 saturated heterocycles. The molecule has 142 valence electrons. The van der Waals surface area contributed by atoms with Crippen LogP contribution in [0.3, 0.4) is 0 Å². The third-order valence-corrected chi connectivity index (χ3v) is 5.27. The van der Waals surface area contributed by atoms with E-state index in [2.05, 4.69) is 15.9 Å². The fourth-order valence-electron chi connectivity index (χ4n) is 3.21. The van der Waals surface area contributed by atoms with E-state index in [4.69, 9.17) is 0 Å². The standard InChI is InChI=1S/C21H24BrN3O2/c1-23(2)19-9-7-16(8-10-19)20(26)24-11-4-12-25(14-13-24)21(27)17-5-3-6-18(22)15-17/h3,5-10,15H,4,11-14H2,1-2H3. The summed E-state index contributed by atoms with van der Waals surface area (Å²) >= 11 is 3.41. The molecule has 2 aromatic rings. The van der Waals surface area contributed by atoms with Crippen molar-refractivity contribution in [2.45, 2.75) is 6.42 Å². The largest absolute Gasteiger partial charge is 0.378 e. The number of halogens is 1. The summed E-state index contributed by atoms with van der Waals surface area (Å²) in [6, 6.07) is 15.1. The van der Waals surface area contributed by atoms with Gasteiger partial charge in [0, 0.05) is 61.6 Å². The average Bonchev–Trinajstić information content (AvgIpc) is 2.93. The summed E-state index contributed by atoms with van der Waals surface area (Å²) in [6.07, 6.45) is 0.779. The maximum Gasteiger partial charge on any atom is 0.253 e. The van der Waals surface area contributed by atoms with Crippen molar-refractivity contribution in [1.29, 1.82) is 0 Å². The number of hydrogen-bond donors (Lipinski definition) is 0. The van der Waals surface area contributed by atoms with Crippen molar-refractivity contribution < 1.29 is 9.59 Å². The highest BCUT2D eigenvalue weighted by molar-refractivity contribution is 9.10. The molecule has 1 fully saturated rings. The van der Waals surface area contributed by atoms with Crippen LogP contribution < -0.4 is 4.90 Å².